The molecule has 2 aliphatic heterocycles. The molecule has 6 rings (SSSR count). The van der Waals surface area contributed by atoms with Gasteiger partial charge in [0.25, 0.3) is 5.91 Å². The van der Waals surface area contributed by atoms with E-state index in [0.717, 1.165) is 24.7 Å². The Morgan fingerprint density at radius 2 is 2.06 bits per heavy atom. The molecule has 1 aromatic carbocycles. The molecule has 0 radical (unpaired) electrons. The number of benzene rings is 1. The van der Waals surface area contributed by atoms with Gasteiger partial charge in [0.15, 0.2) is 6.61 Å². The van der Waals surface area contributed by atoms with Crippen LogP contribution in [0.15, 0.2) is 18.2 Å². The number of halogens is 2. The number of hydrogen-bond donors (Lipinski definition) is 2. The largest absolute Gasteiger partial charge is 0.484 e. The molecular weight excluding hydrogens is 447 g/mol. The van der Waals surface area contributed by atoms with E-state index in [1.807, 2.05) is 0 Å². The van der Waals surface area contributed by atoms with Crippen LogP contribution in [0.5, 0.6) is 5.75 Å². The molecule has 2 bridgehead atoms. The van der Waals surface area contributed by atoms with Crippen molar-refractivity contribution in [3.8, 4) is 5.75 Å². The number of carbonyl (C=O) groups excluding carboxylic acids is 2. The maximum atomic E-state index is 13.5. The van der Waals surface area contributed by atoms with Gasteiger partial charge in [0.05, 0.1) is 24.3 Å². The van der Waals surface area contributed by atoms with Gasteiger partial charge in [0.1, 0.15) is 22.9 Å². The first-order chi connectivity index (χ1) is 14.9. The zero-order valence-corrected chi connectivity index (χ0v) is 18.3. The lowest BCUT2D eigenvalue weighted by atomic mass is 9.76. The van der Waals surface area contributed by atoms with Crippen LogP contribution >= 0.6 is 23.4 Å². The molecular formula is C21H24ClFN2O5S. The second-order valence-corrected chi connectivity index (χ2v) is 10.3. The minimum Gasteiger partial charge on any atom is -0.484 e. The van der Waals surface area contributed by atoms with Gasteiger partial charge in [-0.15, -0.1) is 11.8 Å². The summed E-state index contributed by atoms with van der Waals surface area (Å²) in [7, 11) is 0. The third-order valence-electron chi connectivity index (χ3n) is 6.57. The van der Waals surface area contributed by atoms with Crippen molar-refractivity contribution in [3.05, 3.63) is 29.0 Å². The molecule has 4 atom stereocenters. The maximum Gasteiger partial charge on any atom is 0.258 e. The third-order valence-corrected chi connectivity index (χ3v) is 8.24. The van der Waals surface area contributed by atoms with Gasteiger partial charge in [-0.2, -0.15) is 0 Å². The first-order valence-corrected chi connectivity index (χ1v) is 11.9. The Morgan fingerprint density at radius 3 is 2.87 bits per heavy atom. The van der Waals surface area contributed by atoms with Gasteiger partial charge in [-0.1, -0.05) is 11.6 Å². The van der Waals surface area contributed by atoms with Crippen LogP contribution in [0.25, 0.3) is 0 Å². The lowest BCUT2D eigenvalue weighted by Crippen LogP contribution is -2.53. The molecule has 5 fully saturated rings. The topological polar surface area (TPSA) is 85.9 Å². The predicted octanol–water partition coefficient (Wildman–Crippen LogP) is 1.91. The summed E-state index contributed by atoms with van der Waals surface area (Å²) in [4.78, 5) is 25.2. The number of hydrogen-bond acceptors (Lipinski definition) is 6. The fourth-order valence-corrected chi connectivity index (χ4v) is 6.61. The molecule has 5 aliphatic rings. The highest BCUT2D eigenvalue weighted by Crippen LogP contribution is 2.52. The van der Waals surface area contributed by atoms with Gasteiger partial charge in [0, 0.05) is 23.4 Å². The summed E-state index contributed by atoms with van der Waals surface area (Å²) in [5.41, 5.74) is -0.301. The van der Waals surface area contributed by atoms with E-state index in [9.17, 15) is 14.0 Å². The van der Waals surface area contributed by atoms with Crippen LogP contribution in [0.3, 0.4) is 0 Å². The van der Waals surface area contributed by atoms with Crippen molar-refractivity contribution in [1.82, 2.24) is 10.6 Å². The van der Waals surface area contributed by atoms with Crippen molar-refractivity contribution < 1.29 is 28.2 Å². The minimum absolute atomic E-state index is 0.00402. The number of carbonyl (C=O) groups is 2. The molecule has 10 heteroatoms. The average molecular weight is 471 g/mol. The smallest absolute Gasteiger partial charge is 0.258 e. The standard InChI is InChI=1S/C21H24ClFN2O5S/c22-13-2-1-12(5-14(13)23)30-9-17(26)25-21-6-11(7-21)15(8-21)24-20(27)19-18-16(10-31-19)28-3-4-29-18/h1-2,5,11,15-16,18-19H,3-4,6-10H2,(H,24,27)(H,25,26). The number of ether oxygens (including phenoxy) is 3. The highest BCUT2D eigenvalue weighted by molar-refractivity contribution is 8.01. The number of amides is 2. The van der Waals surface area contributed by atoms with Crippen LogP contribution in [-0.2, 0) is 19.1 Å². The van der Waals surface area contributed by atoms with Crippen molar-refractivity contribution in [2.45, 2.75) is 48.3 Å². The van der Waals surface area contributed by atoms with Crippen molar-refractivity contribution in [1.29, 1.82) is 0 Å². The summed E-state index contributed by atoms with van der Waals surface area (Å²) in [6.45, 7) is 0.903. The number of thioether (sulfide) groups is 1. The van der Waals surface area contributed by atoms with Crippen LogP contribution in [0, 0.1) is 11.7 Å². The van der Waals surface area contributed by atoms with Crippen molar-refractivity contribution in [2.24, 2.45) is 5.92 Å². The minimum atomic E-state index is -0.591. The molecule has 0 aromatic heterocycles. The summed E-state index contributed by atoms with van der Waals surface area (Å²) in [5.74, 6) is 0.526. The molecule has 1 aromatic rings. The quantitative estimate of drug-likeness (QED) is 0.660. The zero-order chi connectivity index (χ0) is 21.6. The molecule has 4 unspecified atom stereocenters. The van der Waals surface area contributed by atoms with E-state index >= 15 is 0 Å². The molecule has 2 amide bonds. The number of fused-ring (bicyclic) bond motifs is 2. The van der Waals surface area contributed by atoms with E-state index in [1.54, 1.807) is 11.8 Å². The van der Waals surface area contributed by atoms with Gasteiger partial charge < -0.3 is 24.8 Å². The molecule has 31 heavy (non-hydrogen) atoms. The number of nitrogens with one attached hydrogen (secondary N) is 2. The Morgan fingerprint density at radius 1 is 1.26 bits per heavy atom. The number of rotatable bonds is 6. The molecule has 0 spiro atoms. The predicted molar refractivity (Wildman–Crippen MR) is 113 cm³/mol. The molecule has 3 aliphatic carbocycles. The van der Waals surface area contributed by atoms with Crippen molar-refractivity contribution in [2.75, 3.05) is 25.6 Å². The van der Waals surface area contributed by atoms with Gasteiger partial charge in [-0.25, -0.2) is 4.39 Å². The van der Waals surface area contributed by atoms with E-state index in [1.165, 1.54) is 12.1 Å². The van der Waals surface area contributed by atoms with Gasteiger partial charge >= 0.3 is 0 Å². The third kappa shape index (κ3) is 4.25. The molecule has 2 N–H and O–H groups in total. The Kier molecular flexibility index (Phi) is 5.79. The fraction of sp³-hybridized carbons (Fsp3) is 0.619. The SMILES string of the molecule is O=C(COc1ccc(Cl)c(F)c1)NC12CC(C1)C(NC(=O)C1SCC3OCCOC31)C2. The fourth-order valence-electron chi connectivity index (χ4n) is 5.15. The van der Waals surface area contributed by atoms with E-state index in [-0.39, 0.29) is 58.2 Å². The normalized spacial score (nSPS) is 35.7. The lowest BCUT2D eigenvalue weighted by molar-refractivity contribution is -0.140. The van der Waals surface area contributed by atoms with Crippen LogP contribution in [-0.4, -0.2) is 66.4 Å². The Labute approximate surface area is 188 Å². The first-order valence-electron chi connectivity index (χ1n) is 10.5. The Balaban J connectivity index is 1.10. The second kappa shape index (κ2) is 8.42. The Hall–Kier alpha value is -1.55. The van der Waals surface area contributed by atoms with E-state index in [2.05, 4.69) is 10.6 Å². The summed E-state index contributed by atoms with van der Waals surface area (Å²) in [5, 5.41) is 5.99. The summed E-state index contributed by atoms with van der Waals surface area (Å²) in [6.07, 6.45) is 2.18. The Bertz CT molecular complexity index is 883. The maximum absolute atomic E-state index is 13.5. The van der Waals surface area contributed by atoms with Crippen LogP contribution in [0.4, 0.5) is 4.39 Å². The molecule has 168 valence electrons. The zero-order valence-electron chi connectivity index (χ0n) is 16.8. The van der Waals surface area contributed by atoms with Gasteiger partial charge in [-0.05, 0) is 37.3 Å². The van der Waals surface area contributed by atoms with E-state index < -0.39 is 5.82 Å². The van der Waals surface area contributed by atoms with Crippen LogP contribution in [0.2, 0.25) is 5.02 Å². The van der Waals surface area contributed by atoms with Crippen LogP contribution < -0.4 is 15.4 Å². The van der Waals surface area contributed by atoms with Crippen molar-refractivity contribution in [3.63, 3.8) is 0 Å². The first kappa shape index (κ1) is 21.3. The summed E-state index contributed by atoms with van der Waals surface area (Å²) < 4.78 is 30.3. The molecule has 2 saturated heterocycles. The highest BCUT2D eigenvalue weighted by Gasteiger charge is 2.57. The average Bonchev–Trinajstić information content (AvgIpc) is 3.39. The molecule has 7 nitrogen and oxygen atoms in total. The molecule has 2 heterocycles. The lowest BCUT2D eigenvalue weighted by Gasteiger charge is -2.39. The summed E-state index contributed by atoms with van der Waals surface area (Å²) >= 11 is 7.24. The van der Waals surface area contributed by atoms with E-state index in [4.69, 9.17) is 25.8 Å². The van der Waals surface area contributed by atoms with Crippen LogP contribution in [0.1, 0.15) is 19.3 Å². The van der Waals surface area contributed by atoms with Gasteiger partial charge in [-0.3, -0.25) is 9.59 Å². The highest BCUT2D eigenvalue weighted by atomic mass is 35.5. The monoisotopic (exact) mass is 470 g/mol. The van der Waals surface area contributed by atoms with Crippen molar-refractivity contribution >= 4 is 35.2 Å². The second-order valence-electron chi connectivity index (χ2n) is 8.68. The summed E-state index contributed by atoms with van der Waals surface area (Å²) in [6, 6.07) is 4.10. The molecule has 3 saturated carbocycles. The van der Waals surface area contributed by atoms with Gasteiger partial charge in [0.2, 0.25) is 5.91 Å². The van der Waals surface area contributed by atoms with E-state index in [0.29, 0.717) is 25.6 Å².